The summed E-state index contributed by atoms with van der Waals surface area (Å²) in [4.78, 5) is 33.5. The van der Waals surface area contributed by atoms with Crippen LogP contribution in [0.5, 0.6) is 5.75 Å². The Kier molecular flexibility index (Phi) is 7.42. The summed E-state index contributed by atoms with van der Waals surface area (Å²) >= 11 is 1.29. The summed E-state index contributed by atoms with van der Waals surface area (Å²) in [6, 6.07) is 7.56. The summed E-state index contributed by atoms with van der Waals surface area (Å²) in [5.41, 5.74) is 0.908. The molecule has 33 heavy (non-hydrogen) atoms. The monoisotopic (exact) mass is 478 g/mol. The van der Waals surface area contributed by atoms with Crippen molar-refractivity contribution in [3.63, 3.8) is 0 Å². The molecular weight excluding hydrogens is 457 g/mol. The molecule has 0 aliphatic carbocycles. The van der Waals surface area contributed by atoms with Gasteiger partial charge in [-0.05, 0) is 38.1 Å². The molecule has 0 bridgehead atoms. The number of carbonyl (C=O) groups excluding carboxylic acids is 1. The molecule has 7 nitrogen and oxygen atoms in total. The number of nitrogens with zero attached hydrogens (tertiary/aromatic N) is 3. The molecule has 0 atom stereocenters. The van der Waals surface area contributed by atoms with Crippen LogP contribution in [0.25, 0.3) is 0 Å². The van der Waals surface area contributed by atoms with Gasteiger partial charge >= 0.3 is 6.18 Å². The lowest BCUT2D eigenvalue weighted by Gasteiger charge is -2.15. The number of hydrogen-bond acceptors (Lipinski definition) is 6. The van der Waals surface area contributed by atoms with Crippen molar-refractivity contribution in [1.82, 2.24) is 14.5 Å². The minimum atomic E-state index is -4.52. The highest BCUT2D eigenvalue weighted by Gasteiger charge is 2.30. The molecule has 1 amide bonds. The van der Waals surface area contributed by atoms with Crippen LogP contribution in [-0.2, 0) is 23.3 Å². The first-order valence-electron chi connectivity index (χ1n) is 9.74. The second kappa shape index (κ2) is 10.1. The molecule has 0 aliphatic heterocycles. The van der Waals surface area contributed by atoms with Crippen molar-refractivity contribution in [3.8, 4) is 5.75 Å². The average molecular weight is 478 g/mol. The van der Waals surface area contributed by atoms with Crippen LogP contribution < -0.4 is 15.5 Å². The topological polar surface area (TPSA) is 86.1 Å². The Morgan fingerprint density at radius 2 is 1.85 bits per heavy atom. The molecule has 0 aliphatic rings. The summed E-state index contributed by atoms with van der Waals surface area (Å²) in [5, 5.41) is 2.98. The number of nitrogens with one attached hydrogen (secondary N) is 1. The molecule has 0 spiro atoms. The van der Waals surface area contributed by atoms with Crippen LogP contribution in [0.15, 0.2) is 52.5 Å². The highest BCUT2D eigenvalue weighted by atomic mass is 32.2. The van der Waals surface area contributed by atoms with Gasteiger partial charge in [0.15, 0.2) is 10.9 Å². The van der Waals surface area contributed by atoms with E-state index in [1.165, 1.54) is 47.8 Å². The van der Waals surface area contributed by atoms with Gasteiger partial charge in [-0.15, -0.1) is 0 Å². The van der Waals surface area contributed by atoms with Crippen molar-refractivity contribution < 1.29 is 22.7 Å². The fourth-order valence-electron chi connectivity index (χ4n) is 3.04. The molecule has 1 N–H and O–H groups in total. The first-order chi connectivity index (χ1) is 15.5. The van der Waals surface area contributed by atoms with Gasteiger partial charge in [-0.3, -0.25) is 9.59 Å². The second-order valence-electron chi connectivity index (χ2n) is 7.17. The number of alkyl halides is 3. The predicted octanol–water partition coefficient (Wildman–Crippen LogP) is 4.21. The van der Waals surface area contributed by atoms with Gasteiger partial charge in [-0.2, -0.15) is 13.2 Å². The number of carbonyl (C=O) groups is 1. The lowest BCUT2D eigenvalue weighted by molar-refractivity contribution is -0.137. The second-order valence-corrected chi connectivity index (χ2v) is 8.12. The summed E-state index contributed by atoms with van der Waals surface area (Å²) in [5.74, 6) is -0.230. The largest absolute Gasteiger partial charge is 0.491 e. The molecule has 2 heterocycles. The molecule has 3 rings (SSSR count). The Labute approximate surface area is 192 Å². The van der Waals surface area contributed by atoms with E-state index in [0.29, 0.717) is 16.6 Å². The Morgan fingerprint density at radius 1 is 1.15 bits per heavy atom. The molecule has 0 saturated heterocycles. The van der Waals surface area contributed by atoms with Crippen molar-refractivity contribution in [2.75, 3.05) is 12.4 Å². The number of anilines is 1. The van der Waals surface area contributed by atoms with E-state index in [9.17, 15) is 22.8 Å². The molecule has 11 heteroatoms. The zero-order valence-electron chi connectivity index (χ0n) is 18.1. The smallest absolute Gasteiger partial charge is 0.416 e. The van der Waals surface area contributed by atoms with Crippen LogP contribution >= 0.6 is 11.8 Å². The third kappa shape index (κ3) is 6.58. The number of thioether (sulfide) groups is 1. The van der Waals surface area contributed by atoms with E-state index in [4.69, 9.17) is 4.74 Å². The van der Waals surface area contributed by atoms with E-state index in [2.05, 4.69) is 15.3 Å². The number of aromatic nitrogens is 3. The molecule has 3 aromatic rings. The average Bonchev–Trinajstić information content (AvgIpc) is 2.72. The summed E-state index contributed by atoms with van der Waals surface area (Å²) in [6.45, 7) is 3.46. The van der Waals surface area contributed by atoms with Crippen molar-refractivity contribution >= 4 is 23.4 Å². The number of rotatable bonds is 7. The van der Waals surface area contributed by atoms with Gasteiger partial charge in [0, 0.05) is 34.6 Å². The molecule has 0 fully saturated rings. The van der Waals surface area contributed by atoms with Crippen LogP contribution in [0.2, 0.25) is 0 Å². The minimum Gasteiger partial charge on any atom is -0.491 e. The Bertz CT molecular complexity index is 1210. The van der Waals surface area contributed by atoms with Gasteiger partial charge in [-0.25, -0.2) is 9.97 Å². The molecule has 0 saturated carbocycles. The SMILES string of the molecule is COc1cn(CC(=O)Nc2cccc(C(F)(F)F)c2)c(CSc2nc(C)cc(C)n2)cc1=O. The quantitative estimate of drug-likeness (QED) is 0.404. The van der Waals surface area contributed by atoms with Gasteiger partial charge in [0.25, 0.3) is 0 Å². The number of hydrogen-bond donors (Lipinski definition) is 1. The van der Waals surface area contributed by atoms with Crippen LogP contribution in [0.4, 0.5) is 18.9 Å². The first kappa shape index (κ1) is 24.3. The number of ether oxygens (including phenoxy) is 1. The van der Waals surface area contributed by atoms with Crippen LogP contribution in [0.3, 0.4) is 0 Å². The highest BCUT2D eigenvalue weighted by Crippen LogP contribution is 2.30. The molecule has 2 aromatic heterocycles. The van der Waals surface area contributed by atoms with Crippen LogP contribution in [-0.4, -0.2) is 27.6 Å². The maximum absolute atomic E-state index is 12.9. The number of pyridine rings is 1. The van der Waals surface area contributed by atoms with Crippen molar-refractivity contribution in [3.05, 3.63) is 75.5 Å². The molecule has 1 aromatic carbocycles. The van der Waals surface area contributed by atoms with E-state index in [0.717, 1.165) is 23.5 Å². The van der Waals surface area contributed by atoms with E-state index in [1.54, 1.807) is 0 Å². The number of methoxy groups -OCH3 is 1. The molecule has 0 radical (unpaired) electrons. The third-order valence-electron chi connectivity index (χ3n) is 4.50. The van der Waals surface area contributed by atoms with E-state index in [-0.39, 0.29) is 23.4 Å². The molecule has 0 unspecified atom stereocenters. The lowest BCUT2D eigenvalue weighted by Crippen LogP contribution is -2.23. The highest BCUT2D eigenvalue weighted by molar-refractivity contribution is 7.98. The number of amides is 1. The predicted molar refractivity (Wildman–Crippen MR) is 118 cm³/mol. The first-order valence-corrected chi connectivity index (χ1v) is 10.7. The summed E-state index contributed by atoms with van der Waals surface area (Å²) in [7, 11) is 1.33. The Morgan fingerprint density at radius 3 is 2.48 bits per heavy atom. The van der Waals surface area contributed by atoms with Gasteiger partial charge in [0.1, 0.15) is 6.54 Å². The van der Waals surface area contributed by atoms with Crippen LogP contribution in [0, 0.1) is 13.8 Å². The maximum Gasteiger partial charge on any atom is 0.416 e. The maximum atomic E-state index is 12.9. The van der Waals surface area contributed by atoms with Crippen molar-refractivity contribution in [2.45, 2.75) is 37.5 Å². The molecular formula is C22H21F3N4O3S. The van der Waals surface area contributed by atoms with Gasteiger partial charge in [0.05, 0.1) is 18.9 Å². The summed E-state index contributed by atoms with van der Waals surface area (Å²) < 4.78 is 45.4. The van der Waals surface area contributed by atoms with Gasteiger partial charge in [0.2, 0.25) is 11.3 Å². The zero-order valence-corrected chi connectivity index (χ0v) is 18.9. The summed E-state index contributed by atoms with van der Waals surface area (Å²) in [6.07, 6.45) is -3.13. The zero-order chi connectivity index (χ0) is 24.2. The number of aryl methyl sites for hydroxylation is 2. The van der Waals surface area contributed by atoms with Gasteiger partial charge in [-0.1, -0.05) is 17.8 Å². The lowest BCUT2D eigenvalue weighted by atomic mass is 10.2. The minimum absolute atomic E-state index is 0.0161. The van der Waals surface area contributed by atoms with Crippen molar-refractivity contribution in [1.29, 1.82) is 0 Å². The third-order valence-corrected chi connectivity index (χ3v) is 5.38. The van der Waals surface area contributed by atoms with E-state index in [1.807, 2.05) is 19.9 Å². The fourth-order valence-corrected chi connectivity index (χ4v) is 3.99. The van der Waals surface area contributed by atoms with E-state index < -0.39 is 17.6 Å². The van der Waals surface area contributed by atoms with Crippen molar-refractivity contribution in [2.24, 2.45) is 0 Å². The van der Waals surface area contributed by atoms with Gasteiger partial charge < -0.3 is 14.6 Å². The Hall–Kier alpha value is -3.34. The molecule has 174 valence electrons. The standard InChI is InChI=1S/C22H21F3N4O3S/c1-13-7-14(2)27-21(26-13)33-12-17-9-18(30)19(32-3)10-29(17)11-20(31)28-16-6-4-5-15(8-16)22(23,24)25/h4-10H,11-12H2,1-3H3,(H,28,31). The van der Waals surface area contributed by atoms with Crippen LogP contribution in [0.1, 0.15) is 22.6 Å². The van der Waals surface area contributed by atoms with E-state index >= 15 is 0 Å². The number of halogens is 3. The Balaban J connectivity index is 1.81. The fraction of sp³-hybridized carbons (Fsp3) is 0.273. The normalized spacial score (nSPS) is 11.3. The number of benzene rings is 1.